The molecule has 0 aliphatic carbocycles. The molecule has 10 heteroatoms. The third kappa shape index (κ3) is 6.87. The lowest BCUT2D eigenvalue weighted by atomic mass is 10.2. The van der Waals surface area contributed by atoms with Crippen molar-refractivity contribution in [3.8, 4) is 5.75 Å². The number of rotatable bonds is 9. The van der Waals surface area contributed by atoms with Crippen molar-refractivity contribution in [2.24, 2.45) is 0 Å². The van der Waals surface area contributed by atoms with Gasteiger partial charge in [0, 0.05) is 10.6 Å². The van der Waals surface area contributed by atoms with Gasteiger partial charge in [0.25, 0.3) is 11.1 Å². The van der Waals surface area contributed by atoms with Crippen molar-refractivity contribution in [1.82, 2.24) is 4.90 Å². The lowest BCUT2D eigenvalue weighted by Gasteiger charge is -2.12. The predicted molar refractivity (Wildman–Crippen MR) is 128 cm³/mol. The molecule has 0 atom stereocenters. The van der Waals surface area contributed by atoms with Crippen LogP contribution in [0, 0.1) is 0 Å². The Labute approximate surface area is 199 Å². The van der Waals surface area contributed by atoms with Gasteiger partial charge in [0.05, 0.1) is 11.5 Å². The van der Waals surface area contributed by atoms with E-state index < -0.39 is 23.0 Å². The number of carbonyl (C=O) groups is 4. The average molecular weight is 487 g/mol. The number of benzene rings is 2. The predicted octanol–water partition coefficient (Wildman–Crippen LogP) is 4.03. The van der Waals surface area contributed by atoms with Crippen LogP contribution in [0.15, 0.2) is 58.3 Å². The Balaban J connectivity index is 1.59. The number of hydrogen-bond donors (Lipinski definition) is 1. The summed E-state index contributed by atoms with van der Waals surface area (Å²) in [5, 5.41) is 2.20. The van der Waals surface area contributed by atoms with Crippen molar-refractivity contribution in [3.63, 3.8) is 0 Å². The third-order valence-corrected chi connectivity index (χ3v) is 6.00. The molecule has 2 aromatic rings. The summed E-state index contributed by atoms with van der Waals surface area (Å²) in [6.07, 6.45) is 3.50. The maximum absolute atomic E-state index is 12.7. The first-order valence-electron chi connectivity index (χ1n) is 9.97. The molecule has 8 nitrogen and oxygen atoms in total. The van der Waals surface area contributed by atoms with Crippen LogP contribution in [0.1, 0.15) is 12.5 Å². The van der Waals surface area contributed by atoms with E-state index in [-0.39, 0.29) is 24.7 Å². The summed E-state index contributed by atoms with van der Waals surface area (Å²) in [6, 6.07) is 14.0. The van der Waals surface area contributed by atoms with Gasteiger partial charge in [0.2, 0.25) is 5.91 Å². The Hall–Kier alpha value is -3.24. The van der Waals surface area contributed by atoms with Gasteiger partial charge in [-0.2, -0.15) is 0 Å². The molecule has 3 rings (SSSR count). The number of esters is 1. The van der Waals surface area contributed by atoms with Crippen LogP contribution >= 0.6 is 23.5 Å². The van der Waals surface area contributed by atoms with E-state index >= 15 is 0 Å². The number of carbonyl (C=O) groups excluding carboxylic acids is 4. The Kier molecular flexibility index (Phi) is 8.56. The van der Waals surface area contributed by atoms with Crippen molar-refractivity contribution >= 4 is 58.3 Å². The quantitative estimate of drug-likeness (QED) is 0.322. The van der Waals surface area contributed by atoms with Crippen molar-refractivity contribution in [2.45, 2.75) is 11.8 Å². The van der Waals surface area contributed by atoms with Gasteiger partial charge < -0.3 is 14.8 Å². The Morgan fingerprint density at radius 2 is 1.91 bits per heavy atom. The summed E-state index contributed by atoms with van der Waals surface area (Å²) >= 11 is 2.32. The van der Waals surface area contributed by atoms with Crippen LogP contribution in [0.2, 0.25) is 0 Å². The van der Waals surface area contributed by atoms with E-state index in [2.05, 4.69) is 5.32 Å². The van der Waals surface area contributed by atoms with Crippen LogP contribution in [0.5, 0.6) is 5.75 Å². The number of nitrogens with zero attached hydrogens (tertiary/aromatic N) is 1. The Morgan fingerprint density at radius 1 is 1.15 bits per heavy atom. The van der Waals surface area contributed by atoms with Crippen LogP contribution in [0.3, 0.4) is 0 Å². The highest BCUT2D eigenvalue weighted by Gasteiger charge is 2.36. The highest BCUT2D eigenvalue weighted by molar-refractivity contribution is 8.18. The fraction of sp³-hybridized carbons (Fsp3) is 0.217. The van der Waals surface area contributed by atoms with Crippen molar-refractivity contribution < 1.29 is 28.7 Å². The fourth-order valence-electron chi connectivity index (χ4n) is 2.84. The molecule has 1 aliphatic rings. The molecule has 172 valence electrons. The highest BCUT2D eigenvalue weighted by atomic mass is 32.2. The molecule has 1 aliphatic heterocycles. The number of ether oxygens (including phenoxy) is 2. The molecule has 1 N–H and O–H groups in total. The number of hydrogen-bond acceptors (Lipinski definition) is 8. The van der Waals surface area contributed by atoms with Gasteiger partial charge in [0.1, 0.15) is 12.3 Å². The molecule has 1 saturated heterocycles. The van der Waals surface area contributed by atoms with Gasteiger partial charge >= 0.3 is 5.97 Å². The van der Waals surface area contributed by atoms with Gasteiger partial charge in [-0.3, -0.25) is 19.3 Å². The minimum Gasteiger partial charge on any atom is -0.482 e. The van der Waals surface area contributed by atoms with Crippen molar-refractivity contribution in [2.75, 3.05) is 31.3 Å². The summed E-state index contributed by atoms with van der Waals surface area (Å²) in [4.78, 5) is 50.8. The zero-order valence-corrected chi connectivity index (χ0v) is 19.7. The van der Waals surface area contributed by atoms with Gasteiger partial charge in [-0.15, -0.1) is 11.8 Å². The van der Waals surface area contributed by atoms with Crippen molar-refractivity contribution in [1.29, 1.82) is 0 Å². The SMILES string of the molecule is CCOC(=O)COc1ccc(/C=C2\SC(=O)N(CC(=O)Nc3cccc(SC)c3)C2=O)cc1. The number of amides is 3. The number of imide groups is 1. The summed E-state index contributed by atoms with van der Waals surface area (Å²) in [7, 11) is 0. The van der Waals surface area contributed by atoms with Crippen LogP contribution in [-0.2, 0) is 19.1 Å². The topological polar surface area (TPSA) is 102 Å². The Bertz CT molecular complexity index is 1080. The number of anilines is 1. The summed E-state index contributed by atoms with van der Waals surface area (Å²) in [6.45, 7) is 1.43. The van der Waals surface area contributed by atoms with Crippen molar-refractivity contribution in [3.05, 3.63) is 59.0 Å². The van der Waals surface area contributed by atoms with E-state index in [9.17, 15) is 19.2 Å². The van der Waals surface area contributed by atoms with E-state index in [0.29, 0.717) is 17.0 Å². The molecular weight excluding hydrogens is 464 g/mol. The summed E-state index contributed by atoms with van der Waals surface area (Å²) in [5.74, 6) is -0.979. The zero-order chi connectivity index (χ0) is 23.8. The summed E-state index contributed by atoms with van der Waals surface area (Å²) in [5.41, 5.74) is 1.27. The molecule has 0 aromatic heterocycles. The zero-order valence-electron chi connectivity index (χ0n) is 18.0. The molecule has 2 aromatic carbocycles. The molecule has 3 amide bonds. The van der Waals surface area contributed by atoms with Crippen LogP contribution in [0.4, 0.5) is 10.5 Å². The van der Waals surface area contributed by atoms with Gasteiger partial charge in [0.15, 0.2) is 6.61 Å². The Morgan fingerprint density at radius 3 is 2.61 bits per heavy atom. The fourth-order valence-corrected chi connectivity index (χ4v) is 4.14. The number of thioether (sulfide) groups is 2. The van der Waals surface area contributed by atoms with Crippen LogP contribution < -0.4 is 10.1 Å². The largest absolute Gasteiger partial charge is 0.482 e. The van der Waals surface area contributed by atoms with E-state index in [0.717, 1.165) is 21.6 Å². The normalized spacial score (nSPS) is 14.5. The van der Waals surface area contributed by atoms with Gasteiger partial charge in [-0.25, -0.2) is 4.79 Å². The van der Waals surface area contributed by atoms with Gasteiger partial charge in [-0.05, 0) is 66.9 Å². The molecular formula is C23H22N2O6S2. The molecule has 1 heterocycles. The molecule has 0 unspecified atom stereocenters. The lowest BCUT2D eigenvalue weighted by molar-refractivity contribution is -0.145. The maximum Gasteiger partial charge on any atom is 0.344 e. The minimum absolute atomic E-state index is 0.199. The molecule has 33 heavy (non-hydrogen) atoms. The van der Waals surface area contributed by atoms with Crippen LogP contribution in [-0.4, -0.2) is 53.9 Å². The average Bonchev–Trinajstić information content (AvgIpc) is 3.06. The standard InChI is InChI=1S/C23H22N2O6S2/c1-3-30-21(27)14-31-17-9-7-15(8-10-17)11-19-22(28)25(23(29)33-19)13-20(26)24-16-5-4-6-18(12-16)32-2/h4-12H,3,13-14H2,1-2H3,(H,24,26)/b19-11-. The third-order valence-electron chi connectivity index (χ3n) is 4.37. The maximum atomic E-state index is 12.7. The molecule has 1 fully saturated rings. The number of nitrogens with one attached hydrogen (secondary N) is 1. The molecule has 0 bridgehead atoms. The lowest BCUT2D eigenvalue weighted by Crippen LogP contribution is -2.36. The second kappa shape index (κ2) is 11.6. The first-order chi connectivity index (χ1) is 15.9. The monoisotopic (exact) mass is 486 g/mol. The van der Waals surface area contributed by atoms with E-state index in [1.807, 2.05) is 24.5 Å². The smallest absolute Gasteiger partial charge is 0.344 e. The summed E-state index contributed by atoms with van der Waals surface area (Å²) < 4.78 is 10.1. The van der Waals surface area contributed by atoms with Crippen LogP contribution in [0.25, 0.3) is 6.08 Å². The molecule has 0 saturated carbocycles. The second-order valence-electron chi connectivity index (χ2n) is 6.71. The molecule has 0 spiro atoms. The minimum atomic E-state index is -0.527. The van der Waals surface area contributed by atoms with Gasteiger partial charge in [-0.1, -0.05) is 18.2 Å². The highest BCUT2D eigenvalue weighted by Crippen LogP contribution is 2.32. The molecule has 0 radical (unpaired) electrons. The van der Waals surface area contributed by atoms with E-state index in [4.69, 9.17) is 9.47 Å². The van der Waals surface area contributed by atoms with E-state index in [1.165, 1.54) is 0 Å². The first kappa shape index (κ1) is 24.4. The van der Waals surface area contributed by atoms with E-state index in [1.54, 1.807) is 55.1 Å². The first-order valence-corrected chi connectivity index (χ1v) is 12.0. The second-order valence-corrected chi connectivity index (χ2v) is 8.58.